The van der Waals surface area contributed by atoms with Crippen LogP contribution in [0.25, 0.3) is 0 Å². The van der Waals surface area contributed by atoms with E-state index in [9.17, 15) is 9.59 Å². The zero-order chi connectivity index (χ0) is 17.4. The van der Waals surface area contributed by atoms with Crippen LogP contribution in [-0.4, -0.2) is 70.2 Å². The minimum Gasteiger partial charge on any atom is -0.379 e. The topological polar surface area (TPSA) is 73.9 Å². The number of morpholine rings is 1. The smallest absolute Gasteiger partial charge is 0.233 e. The van der Waals surface area contributed by atoms with Crippen LogP contribution in [0.5, 0.6) is 0 Å². The van der Waals surface area contributed by atoms with Crippen LogP contribution < -0.4 is 15.5 Å². The Morgan fingerprint density at radius 1 is 1.12 bits per heavy atom. The van der Waals surface area contributed by atoms with Gasteiger partial charge >= 0.3 is 0 Å². The first-order chi connectivity index (χ1) is 11.5. The molecular weight excluding hydrogens is 308 g/mol. The van der Waals surface area contributed by atoms with E-state index in [1.807, 2.05) is 43.3 Å². The Balaban J connectivity index is 1.66. The Morgan fingerprint density at radius 2 is 1.79 bits per heavy atom. The van der Waals surface area contributed by atoms with E-state index in [1.165, 1.54) is 0 Å². The van der Waals surface area contributed by atoms with Gasteiger partial charge in [0.25, 0.3) is 0 Å². The van der Waals surface area contributed by atoms with Crippen LogP contribution in [0.1, 0.15) is 6.42 Å². The van der Waals surface area contributed by atoms with Gasteiger partial charge in [-0.15, -0.1) is 0 Å². The second kappa shape index (κ2) is 9.24. The van der Waals surface area contributed by atoms with E-state index < -0.39 is 0 Å². The van der Waals surface area contributed by atoms with Gasteiger partial charge in [0, 0.05) is 51.6 Å². The molecule has 1 aromatic carbocycles. The molecule has 2 amide bonds. The van der Waals surface area contributed by atoms with Crippen LogP contribution in [0.15, 0.2) is 24.3 Å². The Kier molecular flexibility index (Phi) is 7.02. The maximum Gasteiger partial charge on any atom is 0.233 e. The third-order valence-corrected chi connectivity index (χ3v) is 3.84. The Hall–Kier alpha value is -2.12. The molecule has 0 aromatic heterocycles. The lowest BCUT2D eigenvalue weighted by atomic mass is 10.2. The monoisotopic (exact) mass is 334 g/mol. The summed E-state index contributed by atoms with van der Waals surface area (Å²) in [5, 5.41) is 5.52. The molecule has 7 nitrogen and oxygen atoms in total. The first-order valence-electron chi connectivity index (χ1n) is 8.18. The van der Waals surface area contributed by atoms with E-state index in [0.29, 0.717) is 12.2 Å². The summed E-state index contributed by atoms with van der Waals surface area (Å²) in [7, 11) is 3.91. The lowest BCUT2D eigenvalue weighted by Gasteiger charge is -2.26. The minimum absolute atomic E-state index is 0.168. The molecule has 1 aromatic rings. The van der Waals surface area contributed by atoms with Crippen molar-refractivity contribution in [3.05, 3.63) is 24.3 Å². The zero-order valence-corrected chi connectivity index (χ0v) is 14.4. The van der Waals surface area contributed by atoms with Gasteiger partial charge in [-0.2, -0.15) is 0 Å². The van der Waals surface area contributed by atoms with Crippen molar-refractivity contribution >= 4 is 23.2 Å². The summed E-state index contributed by atoms with van der Waals surface area (Å²) in [4.78, 5) is 27.9. The minimum atomic E-state index is -0.309. The van der Waals surface area contributed by atoms with Crippen molar-refractivity contribution in [1.82, 2.24) is 10.2 Å². The molecule has 0 bridgehead atoms. The van der Waals surface area contributed by atoms with Crippen molar-refractivity contribution in [2.45, 2.75) is 6.42 Å². The van der Waals surface area contributed by atoms with Crippen molar-refractivity contribution in [2.75, 3.05) is 63.7 Å². The standard InChI is InChI=1S/C17H26N4O3/c1-20(2)15-5-3-14(4-6-15)19-17(23)13-16(22)18-7-8-21-9-11-24-12-10-21/h3-6H,7-13H2,1-2H3,(H,18,22)(H,19,23). The molecule has 132 valence electrons. The summed E-state index contributed by atoms with van der Waals surface area (Å²) in [6, 6.07) is 7.48. The van der Waals surface area contributed by atoms with E-state index in [4.69, 9.17) is 4.74 Å². The number of anilines is 2. The molecule has 1 aliphatic heterocycles. The van der Waals surface area contributed by atoms with Crippen molar-refractivity contribution in [2.24, 2.45) is 0 Å². The van der Waals surface area contributed by atoms with Gasteiger partial charge in [0.15, 0.2) is 0 Å². The van der Waals surface area contributed by atoms with Gasteiger partial charge in [-0.1, -0.05) is 0 Å². The van der Waals surface area contributed by atoms with Crippen LogP contribution in [0.4, 0.5) is 11.4 Å². The highest BCUT2D eigenvalue weighted by Gasteiger charge is 2.12. The molecular formula is C17H26N4O3. The molecule has 1 aliphatic rings. The number of carbonyl (C=O) groups is 2. The van der Waals surface area contributed by atoms with E-state index in [1.54, 1.807) is 0 Å². The SMILES string of the molecule is CN(C)c1ccc(NC(=O)CC(=O)NCCN2CCOCC2)cc1. The Labute approximate surface area is 142 Å². The van der Waals surface area contributed by atoms with E-state index in [-0.39, 0.29) is 18.2 Å². The average Bonchev–Trinajstić information content (AvgIpc) is 2.56. The fourth-order valence-electron chi connectivity index (χ4n) is 2.43. The predicted octanol–water partition coefficient (Wildman–Crippen LogP) is 0.530. The normalized spacial score (nSPS) is 14.9. The molecule has 1 saturated heterocycles. The van der Waals surface area contributed by atoms with Crippen LogP contribution in [0.2, 0.25) is 0 Å². The molecule has 0 saturated carbocycles. The summed E-state index contributed by atoms with van der Waals surface area (Å²) in [5.41, 5.74) is 1.74. The zero-order valence-electron chi connectivity index (χ0n) is 14.4. The van der Waals surface area contributed by atoms with E-state index >= 15 is 0 Å². The van der Waals surface area contributed by atoms with Crippen LogP contribution in [0, 0.1) is 0 Å². The Bertz CT molecular complexity index is 539. The van der Waals surface area contributed by atoms with Gasteiger partial charge in [-0.25, -0.2) is 0 Å². The summed E-state index contributed by atoms with van der Waals surface area (Å²) in [5.74, 6) is -0.567. The molecule has 0 atom stereocenters. The number of hydrogen-bond acceptors (Lipinski definition) is 5. The van der Waals surface area contributed by atoms with Crippen molar-refractivity contribution in [3.8, 4) is 0 Å². The lowest BCUT2D eigenvalue weighted by Crippen LogP contribution is -2.41. The summed E-state index contributed by atoms with van der Waals surface area (Å²) in [6.07, 6.45) is -0.168. The van der Waals surface area contributed by atoms with Crippen molar-refractivity contribution in [3.63, 3.8) is 0 Å². The molecule has 0 aliphatic carbocycles. The summed E-state index contributed by atoms with van der Waals surface area (Å²) >= 11 is 0. The highest BCUT2D eigenvalue weighted by molar-refractivity contribution is 6.03. The quantitative estimate of drug-likeness (QED) is 0.712. The van der Waals surface area contributed by atoms with E-state index in [2.05, 4.69) is 15.5 Å². The van der Waals surface area contributed by atoms with Gasteiger partial charge in [0.1, 0.15) is 6.42 Å². The van der Waals surface area contributed by atoms with Crippen LogP contribution >= 0.6 is 0 Å². The van der Waals surface area contributed by atoms with Gasteiger partial charge in [0.05, 0.1) is 13.2 Å². The molecule has 1 fully saturated rings. The molecule has 0 unspecified atom stereocenters. The molecule has 2 N–H and O–H groups in total. The molecule has 2 rings (SSSR count). The number of rotatable bonds is 7. The summed E-state index contributed by atoms with van der Waals surface area (Å²) < 4.78 is 5.27. The average molecular weight is 334 g/mol. The lowest BCUT2D eigenvalue weighted by molar-refractivity contribution is -0.126. The maximum atomic E-state index is 11.9. The maximum absolute atomic E-state index is 11.9. The second-order valence-electron chi connectivity index (χ2n) is 5.97. The van der Waals surface area contributed by atoms with Crippen LogP contribution in [0.3, 0.4) is 0 Å². The number of amides is 2. The highest BCUT2D eigenvalue weighted by Crippen LogP contribution is 2.15. The van der Waals surface area contributed by atoms with Crippen molar-refractivity contribution in [1.29, 1.82) is 0 Å². The van der Waals surface area contributed by atoms with Gasteiger partial charge < -0.3 is 20.3 Å². The van der Waals surface area contributed by atoms with Gasteiger partial charge in [0.2, 0.25) is 11.8 Å². The number of hydrogen-bond donors (Lipinski definition) is 2. The number of ether oxygens (including phenoxy) is 1. The molecule has 0 spiro atoms. The number of nitrogens with zero attached hydrogens (tertiary/aromatic N) is 2. The first kappa shape index (κ1) is 18.2. The molecule has 7 heteroatoms. The molecule has 1 heterocycles. The fraction of sp³-hybridized carbons (Fsp3) is 0.529. The number of nitrogens with one attached hydrogen (secondary N) is 2. The molecule has 24 heavy (non-hydrogen) atoms. The Morgan fingerprint density at radius 3 is 2.42 bits per heavy atom. The van der Waals surface area contributed by atoms with Crippen LogP contribution in [-0.2, 0) is 14.3 Å². The first-order valence-corrected chi connectivity index (χ1v) is 8.18. The summed E-state index contributed by atoms with van der Waals surface area (Å²) in [6.45, 7) is 4.58. The fourth-order valence-corrected chi connectivity index (χ4v) is 2.43. The molecule has 0 radical (unpaired) electrons. The van der Waals surface area contributed by atoms with Crippen molar-refractivity contribution < 1.29 is 14.3 Å². The van der Waals surface area contributed by atoms with E-state index in [0.717, 1.165) is 38.5 Å². The number of benzene rings is 1. The predicted molar refractivity (Wildman–Crippen MR) is 94.3 cm³/mol. The third kappa shape index (κ3) is 6.17. The largest absolute Gasteiger partial charge is 0.379 e. The highest BCUT2D eigenvalue weighted by atomic mass is 16.5. The number of carbonyl (C=O) groups excluding carboxylic acids is 2. The van der Waals surface area contributed by atoms with Gasteiger partial charge in [-0.3, -0.25) is 14.5 Å². The third-order valence-electron chi connectivity index (χ3n) is 3.84. The second-order valence-corrected chi connectivity index (χ2v) is 5.97. The van der Waals surface area contributed by atoms with Gasteiger partial charge in [-0.05, 0) is 24.3 Å².